The van der Waals surface area contributed by atoms with E-state index in [4.69, 9.17) is 9.26 Å². The molecule has 138 valence electrons. The maximum Gasteiger partial charge on any atom is 0.268 e. The van der Waals surface area contributed by atoms with Crippen LogP contribution < -0.4 is 9.46 Å². The Morgan fingerprint density at radius 2 is 1.89 bits per heavy atom. The molecule has 0 atom stereocenters. The number of nitrogens with zero attached hydrogens (tertiary/aromatic N) is 2. The number of benzene rings is 2. The average molecular weight is 401 g/mol. The van der Waals surface area contributed by atoms with E-state index in [1.54, 1.807) is 7.11 Å². The van der Waals surface area contributed by atoms with Gasteiger partial charge in [-0.1, -0.05) is 23.4 Å². The van der Waals surface area contributed by atoms with Gasteiger partial charge in [-0.15, -0.1) is 11.3 Å². The Morgan fingerprint density at radius 3 is 2.67 bits per heavy atom. The lowest BCUT2D eigenvalue weighted by Crippen LogP contribution is -2.17. The molecule has 0 unspecified atom stereocenters. The second-order valence-corrected chi connectivity index (χ2v) is 8.50. The lowest BCUT2D eigenvalue weighted by molar-refractivity contribution is 0.415. The maximum absolute atomic E-state index is 11.9. The summed E-state index contributed by atoms with van der Waals surface area (Å²) in [5.74, 6) is 1.51. The number of thiophene rings is 1. The zero-order valence-corrected chi connectivity index (χ0v) is 16.1. The van der Waals surface area contributed by atoms with E-state index in [0.717, 1.165) is 22.1 Å². The molecule has 0 aliphatic rings. The Morgan fingerprint density at radius 1 is 1.11 bits per heavy atom. The van der Waals surface area contributed by atoms with Gasteiger partial charge in [0.15, 0.2) is 0 Å². The Bertz CT molecular complexity index is 1230. The van der Waals surface area contributed by atoms with Crippen LogP contribution in [0, 0.1) is 0 Å². The van der Waals surface area contributed by atoms with Crippen LogP contribution in [0.4, 0.5) is 0 Å². The Balaban J connectivity index is 1.67. The van der Waals surface area contributed by atoms with Gasteiger partial charge in [-0.2, -0.15) is 4.98 Å². The van der Waals surface area contributed by atoms with Crippen molar-refractivity contribution < 1.29 is 17.7 Å². The van der Waals surface area contributed by atoms with Crippen molar-refractivity contribution in [3.8, 4) is 27.9 Å². The molecular formula is C18H15N3O4S2. The first-order chi connectivity index (χ1) is 13.0. The third-order valence-corrected chi connectivity index (χ3v) is 6.56. The fourth-order valence-electron chi connectivity index (χ4n) is 2.62. The van der Waals surface area contributed by atoms with Crippen molar-refractivity contribution in [2.24, 2.45) is 0 Å². The van der Waals surface area contributed by atoms with Gasteiger partial charge in [-0.25, -0.2) is 13.1 Å². The standard InChI is InChI=1S/C18H15N3O4S2/c1-19-27(22,23)15-9-16(26-10-15)18-20-17(21-25-18)13-4-3-12-8-14(24-2)6-5-11(12)7-13/h3-10,19H,1-2H3. The highest BCUT2D eigenvalue weighted by Gasteiger charge is 2.18. The van der Waals surface area contributed by atoms with E-state index < -0.39 is 10.0 Å². The van der Waals surface area contributed by atoms with Crippen LogP contribution in [-0.4, -0.2) is 32.7 Å². The van der Waals surface area contributed by atoms with Crippen molar-refractivity contribution in [1.82, 2.24) is 14.9 Å². The van der Waals surface area contributed by atoms with Gasteiger partial charge < -0.3 is 9.26 Å². The molecule has 1 N–H and O–H groups in total. The van der Waals surface area contributed by atoms with Gasteiger partial charge in [0, 0.05) is 10.9 Å². The van der Waals surface area contributed by atoms with Crippen LogP contribution in [0.25, 0.3) is 32.9 Å². The molecule has 2 aromatic carbocycles. The van der Waals surface area contributed by atoms with Crippen molar-refractivity contribution >= 4 is 32.1 Å². The van der Waals surface area contributed by atoms with Crippen molar-refractivity contribution in [2.75, 3.05) is 14.2 Å². The van der Waals surface area contributed by atoms with Gasteiger partial charge in [0.2, 0.25) is 15.8 Å². The summed E-state index contributed by atoms with van der Waals surface area (Å²) < 4.78 is 36.6. The highest BCUT2D eigenvalue weighted by Crippen LogP contribution is 2.31. The highest BCUT2D eigenvalue weighted by molar-refractivity contribution is 7.89. The molecule has 4 aromatic rings. The summed E-state index contributed by atoms with van der Waals surface area (Å²) in [5, 5.41) is 7.63. The van der Waals surface area contributed by atoms with Gasteiger partial charge in [0.1, 0.15) is 5.75 Å². The molecule has 2 heterocycles. The van der Waals surface area contributed by atoms with E-state index in [1.807, 2.05) is 36.4 Å². The van der Waals surface area contributed by atoms with Crippen LogP contribution in [-0.2, 0) is 10.0 Å². The van der Waals surface area contributed by atoms with Crippen LogP contribution in [0.1, 0.15) is 0 Å². The number of ether oxygens (including phenoxy) is 1. The van der Waals surface area contributed by atoms with Crippen molar-refractivity contribution in [2.45, 2.75) is 4.90 Å². The molecule has 0 aliphatic heterocycles. The number of fused-ring (bicyclic) bond motifs is 1. The number of methoxy groups -OCH3 is 1. The van der Waals surface area contributed by atoms with E-state index in [2.05, 4.69) is 14.9 Å². The van der Waals surface area contributed by atoms with Crippen molar-refractivity contribution in [1.29, 1.82) is 0 Å². The van der Waals surface area contributed by atoms with Gasteiger partial charge in [-0.3, -0.25) is 0 Å². The Kier molecular flexibility index (Phi) is 4.42. The summed E-state index contributed by atoms with van der Waals surface area (Å²) in [6.45, 7) is 0. The first kappa shape index (κ1) is 17.7. The van der Waals surface area contributed by atoms with Crippen LogP contribution in [0.15, 0.2) is 57.3 Å². The number of hydrogen-bond acceptors (Lipinski definition) is 7. The molecule has 7 nitrogen and oxygen atoms in total. The van der Waals surface area contributed by atoms with Gasteiger partial charge in [-0.05, 0) is 42.1 Å². The van der Waals surface area contributed by atoms with E-state index in [0.29, 0.717) is 10.7 Å². The molecule has 27 heavy (non-hydrogen) atoms. The smallest absolute Gasteiger partial charge is 0.268 e. The SMILES string of the molecule is CNS(=O)(=O)c1csc(-c2nc(-c3ccc4cc(OC)ccc4c3)no2)c1. The lowest BCUT2D eigenvalue weighted by Gasteiger charge is -2.03. The third kappa shape index (κ3) is 3.32. The number of hydrogen-bond donors (Lipinski definition) is 1. The minimum Gasteiger partial charge on any atom is -0.497 e. The second-order valence-electron chi connectivity index (χ2n) is 5.71. The zero-order valence-electron chi connectivity index (χ0n) is 14.5. The minimum atomic E-state index is -3.50. The summed E-state index contributed by atoms with van der Waals surface area (Å²) in [5.41, 5.74) is 0.808. The number of aromatic nitrogens is 2. The Hall–Kier alpha value is -2.75. The molecule has 0 radical (unpaired) electrons. The summed E-state index contributed by atoms with van der Waals surface area (Å²) >= 11 is 1.23. The molecule has 0 saturated heterocycles. The second kappa shape index (κ2) is 6.76. The molecule has 0 amide bonds. The van der Waals surface area contributed by atoms with Crippen LogP contribution in [0.2, 0.25) is 0 Å². The van der Waals surface area contributed by atoms with Crippen molar-refractivity contribution in [3.63, 3.8) is 0 Å². The zero-order chi connectivity index (χ0) is 19.0. The molecule has 0 bridgehead atoms. The van der Waals surface area contributed by atoms with E-state index in [9.17, 15) is 8.42 Å². The quantitative estimate of drug-likeness (QED) is 0.550. The average Bonchev–Trinajstić information content (AvgIpc) is 3.37. The first-order valence-electron chi connectivity index (χ1n) is 7.94. The van der Waals surface area contributed by atoms with Gasteiger partial charge in [0.05, 0.1) is 16.9 Å². The molecule has 0 fully saturated rings. The van der Waals surface area contributed by atoms with E-state index in [1.165, 1.54) is 29.8 Å². The van der Waals surface area contributed by atoms with Crippen LogP contribution >= 0.6 is 11.3 Å². The fourth-order valence-corrected chi connectivity index (χ4v) is 4.54. The minimum absolute atomic E-state index is 0.171. The first-order valence-corrected chi connectivity index (χ1v) is 10.3. The number of nitrogens with one attached hydrogen (secondary N) is 1. The largest absolute Gasteiger partial charge is 0.497 e. The van der Waals surface area contributed by atoms with Crippen molar-refractivity contribution in [3.05, 3.63) is 47.8 Å². The topological polar surface area (TPSA) is 94.3 Å². The summed E-state index contributed by atoms with van der Waals surface area (Å²) in [6.07, 6.45) is 0. The summed E-state index contributed by atoms with van der Waals surface area (Å²) in [4.78, 5) is 5.17. The van der Waals surface area contributed by atoms with Gasteiger partial charge >= 0.3 is 0 Å². The fraction of sp³-hybridized carbons (Fsp3) is 0.111. The maximum atomic E-state index is 11.9. The summed E-state index contributed by atoms with van der Waals surface area (Å²) in [6, 6.07) is 13.2. The molecular weight excluding hydrogens is 386 g/mol. The molecule has 0 aliphatic carbocycles. The predicted octanol–water partition coefficient (Wildman–Crippen LogP) is 3.54. The lowest BCUT2D eigenvalue weighted by atomic mass is 10.1. The molecule has 2 aromatic heterocycles. The molecule has 9 heteroatoms. The number of sulfonamides is 1. The predicted molar refractivity (Wildman–Crippen MR) is 103 cm³/mol. The number of rotatable bonds is 5. The van der Waals surface area contributed by atoms with E-state index >= 15 is 0 Å². The van der Waals surface area contributed by atoms with Crippen LogP contribution in [0.3, 0.4) is 0 Å². The monoisotopic (exact) mass is 401 g/mol. The third-order valence-electron chi connectivity index (χ3n) is 4.10. The molecule has 4 rings (SSSR count). The molecule has 0 saturated carbocycles. The summed E-state index contributed by atoms with van der Waals surface area (Å²) in [7, 11) is -0.500. The van der Waals surface area contributed by atoms with E-state index in [-0.39, 0.29) is 10.8 Å². The normalized spacial score (nSPS) is 11.8. The molecule has 0 spiro atoms. The Labute approximate surface area is 159 Å². The highest BCUT2D eigenvalue weighted by atomic mass is 32.2. The van der Waals surface area contributed by atoms with Gasteiger partial charge in [0.25, 0.3) is 5.89 Å². The van der Waals surface area contributed by atoms with Crippen LogP contribution in [0.5, 0.6) is 5.75 Å².